The van der Waals surface area contributed by atoms with E-state index in [1.807, 2.05) is 0 Å². The fourth-order valence-electron chi connectivity index (χ4n) is 2.26. The van der Waals surface area contributed by atoms with Crippen molar-refractivity contribution in [2.45, 2.75) is 19.3 Å². The van der Waals surface area contributed by atoms with E-state index in [1.165, 1.54) is 16.7 Å². The van der Waals surface area contributed by atoms with Gasteiger partial charge < -0.3 is 0 Å². The molecular formula is C10H8O. The average molecular weight is 144 g/mol. The van der Waals surface area contributed by atoms with E-state index in [4.69, 9.17) is 0 Å². The minimum absolute atomic E-state index is 0.366. The van der Waals surface area contributed by atoms with Crippen molar-refractivity contribution < 1.29 is 4.79 Å². The van der Waals surface area contributed by atoms with Crippen LogP contribution in [0.2, 0.25) is 0 Å². The van der Waals surface area contributed by atoms with Crippen LogP contribution in [0, 0.1) is 0 Å². The lowest BCUT2D eigenvalue weighted by atomic mass is 10.00. The first-order valence-corrected chi connectivity index (χ1v) is 4.00. The molecule has 1 nitrogen and oxygen atoms in total. The summed E-state index contributed by atoms with van der Waals surface area (Å²) >= 11 is 0. The van der Waals surface area contributed by atoms with E-state index < -0.39 is 0 Å². The van der Waals surface area contributed by atoms with Gasteiger partial charge in [0.2, 0.25) is 0 Å². The minimum Gasteiger partial charge on any atom is -0.294 e. The molecular weight excluding hydrogens is 136 g/mol. The van der Waals surface area contributed by atoms with Gasteiger partial charge in [0, 0.05) is 12.0 Å². The van der Waals surface area contributed by atoms with Crippen molar-refractivity contribution in [2.24, 2.45) is 0 Å². The van der Waals surface area contributed by atoms with E-state index in [1.54, 1.807) is 0 Å². The predicted molar refractivity (Wildman–Crippen MR) is 42.1 cm³/mol. The average Bonchev–Trinajstić information content (AvgIpc) is 2.52. The van der Waals surface area contributed by atoms with Crippen LogP contribution in [0.25, 0.3) is 0 Å². The molecule has 0 aliphatic heterocycles. The van der Waals surface area contributed by atoms with Gasteiger partial charge >= 0.3 is 0 Å². The van der Waals surface area contributed by atoms with E-state index in [2.05, 4.69) is 12.2 Å². The number of hydrogen-bond donors (Lipinski definition) is 0. The third-order valence-electron chi connectivity index (χ3n) is 2.78. The molecule has 54 valence electrons. The Hall–Kier alpha value is -1.11. The molecule has 0 spiro atoms. The topological polar surface area (TPSA) is 17.1 Å². The Morgan fingerprint density at radius 2 is 2.09 bits per heavy atom. The third-order valence-corrected chi connectivity index (χ3v) is 2.78. The number of rotatable bonds is 0. The summed E-state index contributed by atoms with van der Waals surface area (Å²) in [4.78, 5) is 11.3. The lowest BCUT2D eigenvalue weighted by Gasteiger charge is -2.03. The summed E-state index contributed by atoms with van der Waals surface area (Å²) in [5.41, 5.74) is 5.20. The standard InChI is InChI=1S/C10H8O/c11-10-5-6-4-9(10)8-3-1-2-7(6)8/h1,3H,2,4-5H2. The van der Waals surface area contributed by atoms with Crippen LogP contribution in [0.3, 0.4) is 0 Å². The molecule has 2 bridgehead atoms. The zero-order valence-electron chi connectivity index (χ0n) is 6.18. The zero-order valence-corrected chi connectivity index (χ0v) is 6.18. The fraction of sp³-hybridized carbons (Fsp3) is 0.300. The number of ketones is 1. The van der Waals surface area contributed by atoms with Crippen molar-refractivity contribution in [2.75, 3.05) is 0 Å². The summed E-state index contributed by atoms with van der Waals surface area (Å²) in [5, 5.41) is 0. The van der Waals surface area contributed by atoms with Crippen molar-refractivity contribution in [3.05, 3.63) is 34.4 Å². The quantitative estimate of drug-likeness (QED) is 0.507. The Balaban J connectivity index is 2.30. The van der Waals surface area contributed by atoms with Gasteiger partial charge in [-0.1, -0.05) is 17.7 Å². The fourth-order valence-corrected chi connectivity index (χ4v) is 2.26. The van der Waals surface area contributed by atoms with Crippen LogP contribution < -0.4 is 0 Å². The molecule has 0 N–H and O–H groups in total. The third kappa shape index (κ3) is 0.506. The van der Waals surface area contributed by atoms with Gasteiger partial charge in [0.1, 0.15) is 0 Å². The second kappa shape index (κ2) is 1.55. The van der Waals surface area contributed by atoms with Crippen molar-refractivity contribution in [3.63, 3.8) is 0 Å². The molecule has 3 aliphatic rings. The van der Waals surface area contributed by atoms with Crippen LogP contribution in [-0.4, -0.2) is 5.78 Å². The van der Waals surface area contributed by atoms with Crippen molar-refractivity contribution >= 4 is 5.78 Å². The van der Waals surface area contributed by atoms with Gasteiger partial charge in [-0.15, -0.1) is 0 Å². The number of fused-ring (bicyclic) bond motifs is 3. The Kier molecular flexibility index (Phi) is 0.780. The monoisotopic (exact) mass is 144 g/mol. The van der Waals surface area contributed by atoms with E-state index in [0.717, 1.165) is 24.8 Å². The van der Waals surface area contributed by atoms with E-state index >= 15 is 0 Å². The number of allylic oxidation sites excluding steroid dienone is 6. The Bertz CT molecular complexity index is 353. The summed E-state index contributed by atoms with van der Waals surface area (Å²) in [6, 6.07) is 0. The first-order valence-electron chi connectivity index (χ1n) is 4.00. The minimum atomic E-state index is 0.366. The first kappa shape index (κ1) is 5.53. The second-order valence-electron chi connectivity index (χ2n) is 3.36. The summed E-state index contributed by atoms with van der Waals surface area (Å²) in [6.45, 7) is 0. The highest BCUT2D eigenvalue weighted by molar-refractivity contribution is 6.05. The Labute approximate surface area is 65.1 Å². The van der Waals surface area contributed by atoms with Crippen LogP contribution >= 0.6 is 0 Å². The molecule has 0 amide bonds. The molecule has 0 aromatic heterocycles. The largest absolute Gasteiger partial charge is 0.294 e. The molecule has 0 aromatic rings. The highest BCUT2D eigenvalue weighted by atomic mass is 16.1. The van der Waals surface area contributed by atoms with Gasteiger partial charge in [-0.05, 0) is 24.0 Å². The van der Waals surface area contributed by atoms with Crippen molar-refractivity contribution in [1.82, 2.24) is 0 Å². The highest BCUT2D eigenvalue weighted by Gasteiger charge is 2.35. The normalized spacial score (nSPS) is 26.0. The predicted octanol–water partition coefficient (Wildman–Crippen LogP) is 1.92. The van der Waals surface area contributed by atoms with Gasteiger partial charge in [-0.2, -0.15) is 0 Å². The van der Waals surface area contributed by atoms with Gasteiger partial charge in [-0.3, -0.25) is 4.79 Å². The number of hydrogen-bond acceptors (Lipinski definition) is 1. The molecule has 0 aromatic carbocycles. The maximum absolute atomic E-state index is 11.3. The lowest BCUT2D eigenvalue weighted by Crippen LogP contribution is -1.99. The maximum atomic E-state index is 11.3. The highest BCUT2D eigenvalue weighted by Crippen LogP contribution is 2.46. The van der Waals surface area contributed by atoms with Crippen LogP contribution in [0.4, 0.5) is 0 Å². The summed E-state index contributed by atoms with van der Waals surface area (Å²) < 4.78 is 0. The Morgan fingerprint density at radius 1 is 1.18 bits per heavy atom. The summed E-state index contributed by atoms with van der Waals surface area (Å²) in [7, 11) is 0. The van der Waals surface area contributed by atoms with E-state index in [9.17, 15) is 4.79 Å². The molecule has 0 unspecified atom stereocenters. The molecule has 3 rings (SSSR count). The van der Waals surface area contributed by atoms with Crippen LogP contribution in [0.1, 0.15) is 19.3 Å². The number of Topliss-reactive ketones (excluding diaryl/α,β-unsaturated/α-hetero) is 1. The molecule has 0 radical (unpaired) electrons. The van der Waals surface area contributed by atoms with Crippen LogP contribution in [-0.2, 0) is 4.79 Å². The van der Waals surface area contributed by atoms with Crippen LogP contribution in [0.5, 0.6) is 0 Å². The van der Waals surface area contributed by atoms with E-state index in [-0.39, 0.29) is 0 Å². The lowest BCUT2D eigenvalue weighted by molar-refractivity contribution is -0.114. The van der Waals surface area contributed by atoms with Crippen LogP contribution in [0.15, 0.2) is 34.4 Å². The van der Waals surface area contributed by atoms with E-state index in [0.29, 0.717) is 5.78 Å². The van der Waals surface area contributed by atoms with Gasteiger partial charge in [-0.25, -0.2) is 0 Å². The molecule has 0 atom stereocenters. The first-order chi connectivity index (χ1) is 5.36. The van der Waals surface area contributed by atoms with Gasteiger partial charge in [0.25, 0.3) is 0 Å². The van der Waals surface area contributed by atoms with Crippen molar-refractivity contribution in [1.29, 1.82) is 0 Å². The van der Waals surface area contributed by atoms with Crippen molar-refractivity contribution in [3.8, 4) is 0 Å². The summed E-state index contributed by atoms with van der Waals surface area (Å²) in [5.74, 6) is 0.366. The molecule has 3 aliphatic carbocycles. The zero-order chi connectivity index (χ0) is 7.42. The molecule has 1 heteroatoms. The molecule has 1 saturated carbocycles. The Morgan fingerprint density at radius 3 is 3.00 bits per heavy atom. The SMILES string of the molecule is O=C1CC2=C3CC=CC3=C1C2. The van der Waals surface area contributed by atoms with Gasteiger partial charge in [0.05, 0.1) is 0 Å². The number of carbonyl (C=O) groups is 1. The second-order valence-corrected chi connectivity index (χ2v) is 3.36. The summed E-state index contributed by atoms with van der Waals surface area (Å²) in [6.07, 6.45) is 7.02. The smallest absolute Gasteiger partial charge is 0.163 e. The molecule has 0 saturated heterocycles. The molecule has 11 heavy (non-hydrogen) atoms. The van der Waals surface area contributed by atoms with Gasteiger partial charge in [0.15, 0.2) is 5.78 Å². The molecule has 0 heterocycles. The number of carbonyl (C=O) groups excluding carboxylic acids is 1. The molecule has 1 fully saturated rings. The maximum Gasteiger partial charge on any atom is 0.163 e.